The number of hydrogen-bond donors (Lipinski definition) is 0. The van der Waals surface area contributed by atoms with Crippen molar-refractivity contribution in [1.29, 1.82) is 0 Å². The second-order valence-electron chi connectivity index (χ2n) is 11.0. The van der Waals surface area contributed by atoms with Gasteiger partial charge in [0.15, 0.2) is 0 Å². The molecule has 0 aliphatic carbocycles. The molecule has 0 fully saturated rings. The summed E-state index contributed by atoms with van der Waals surface area (Å²) >= 11 is 0. The first-order valence-corrected chi connectivity index (χ1v) is 14.9. The van der Waals surface area contributed by atoms with Crippen LogP contribution in [0.4, 0.5) is 0 Å². The van der Waals surface area contributed by atoms with E-state index in [1.165, 1.54) is 71.6 Å². The summed E-state index contributed by atoms with van der Waals surface area (Å²) in [5.41, 5.74) is 12.0. The Labute approximate surface area is 257 Å². The molecule has 8 rings (SSSR count). The molecule has 0 spiro atoms. The zero-order valence-electron chi connectivity index (χ0n) is 24.1. The van der Waals surface area contributed by atoms with E-state index in [4.69, 9.17) is 0 Å². The average Bonchev–Trinajstić information content (AvgIpc) is 3.12. The first-order valence-electron chi connectivity index (χ1n) is 14.9. The van der Waals surface area contributed by atoms with E-state index in [-0.39, 0.29) is 0 Å². The van der Waals surface area contributed by atoms with Gasteiger partial charge in [-0.3, -0.25) is 9.97 Å². The van der Waals surface area contributed by atoms with Crippen molar-refractivity contribution in [3.8, 4) is 55.6 Å². The van der Waals surface area contributed by atoms with E-state index in [9.17, 15) is 0 Å². The Morgan fingerprint density at radius 3 is 1.14 bits per heavy atom. The van der Waals surface area contributed by atoms with E-state index in [1.807, 2.05) is 24.8 Å². The summed E-state index contributed by atoms with van der Waals surface area (Å²) in [5, 5.41) is 4.98. The van der Waals surface area contributed by atoms with Gasteiger partial charge in [-0.2, -0.15) is 0 Å². The minimum Gasteiger partial charge on any atom is -0.265 e. The molecular weight excluding hydrogens is 532 g/mol. The summed E-state index contributed by atoms with van der Waals surface area (Å²) in [6, 6.07) is 52.6. The number of nitrogens with zero attached hydrogens (tertiary/aromatic N) is 2. The van der Waals surface area contributed by atoms with Crippen molar-refractivity contribution < 1.29 is 0 Å². The van der Waals surface area contributed by atoms with Gasteiger partial charge >= 0.3 is 0 Å². The molecule has 2 aromatic heterocycles. The topological polar surface area (TPSA) is 25.8 Å². The normalized spacial score (nSPS) is 11.2. The van der Waals surface area contributed by atoms with Gasteiger partial charge in [0.2, 0.25) is 0 Å². The molecule has 2 heterocycles. The van der Waals surface area contributed by atoms with Gasteiger partial charge in [-0.15, -0.1) is 0 Å². The molecule has 0 radical (unpaired) electrons. The Bertz CT molecular complexity index is 2220. The van der Waals surface area contributed by atoms with Crippen LogP contribution in [0.2, 0.25) is 0 Å². The van der Waals surface area contributed by atoms with Crippen LogP contribution in [0.25, 0.3) is 77.2 Å². The number of benzene rings is 6. The fourth-order valence-electron chi connectivity index (χ4n) is 6.36. The summed E-state index contributed by atoms with van der Waals surface area (Å²) in [4.78, 5) is 8.37. The van der Waals surface area contributed by atoms with Crippen LogP contribution in [-0.2, 0) is 0 Å². The van der Waals surface area contributed by atoms with E-state index < -0.39 is 0 Å². The van der Waals surface area contributed by atoms with E-state index in [2.05, 4.69) is 156 Å². The van der Waals surface area contributed by atoms with Gasteiger partial charge in [-0.1, -0.05) is 115 Å². The van der Waals surface area contributed by atoms with Crippen molar-refractivity contribution >= 4 is 21.5 Å². The number of pyridine rings is 2. The Morgan fingerprint density at radius 1 is 0.250 bits per heavy atom. The summed E-state index contributed by atoms with van der Waals surface area (Å²) in [5.74, 6) is 0. The molecule has 0 unspecified atom stereocenters. The molecule has 0 saturated heterocycles. The fraction of sp³-hybridized carbons (Fsp3) is 0. The fourth-order valence-corrected chi connectivity index (χ4v) is 6.36. The lowest BCUT2D eigenvalue weighted by molar-refractivity contribution is 1.33. The molecule has 2 heteroatoms. The van der Waals surface area contributed by atoms with Crippen molar-refractivity contribution in [3.63, 3.8) is 0 Å². The maximum absolute atomic E-state index is 4.19. The highest BCUT2D eigenvalue weighted by Crippen LogP contribution is 2.45. The van der Waals surface area contributed by atoms with Crippen LogP contribution < -0.4 is 0 Å². The Kier molecular flexibility index (Phi) is 6.51. The molecule has 0 aliphatic heterocycles. The van der Waals surface area contributed by atoms with E-state index in [0.29, 0.717) is 0 Å². The third-order valence-corrected chi connectivity index (χ3v) is 8.51. The van der Waals surface area contributed by atoms with Crippen molar-refractivity contribution in [3.05, 3.63) is 170 Å². The Morgan fingerprint density at radius 2 is 0.614 bits per heavy atom. The van der Waals surface area contributed by atoms with Crippen LogP contribution >= 0.6 is 0 Å². The predicted molar refractivity (Wildman–Crippen MR) is 184 cm³/mol. The highest BCUT2D eigenvalue weighted by Gasteiger charge is 2.18. The van der Waals surface area contributed by atoms with Crippen LogP contribution in [0, 0.1) is 0 Å². The van der Waals surface area contributed by atoms with E-state index >= 15 is 0 Å². The van der Waals surface area contributed by atoms with Crippen molar-refractivity contribution in [2.45, 2.75) is 0 Å². The van der Waals surface area contributed by atoms with Gasteiger partial charge in [0.1, 0.15) is 0 Å². The van der Waals surface area contributed by atoms with Crippen molar-refractivity contribution in [2.24, 2.45) is 0 Å². The molecule has 0 N–H and O–H groups in total. The molecule has 0 amide bonds. The van der Waals surface area contributed by atoms with Crippen LogP contribution in [0.1, 0.15) is 0 Å². The van der Waals surface area contributed by atoms with Crippen LogP contribution in [0.15, 0.2) is 170 Å². The lowest BCUT2D eigenvalue weighted by Crippen LogP contribution is -1.92. The SMILES string of the molecule is c1ccc(-c2ccc3c(-c4ccc(-c5ccncc5)cc4)c4ccccc4c(-c4ccc(-c5ccncc5)cc4)c3c2)cc1. The van der Waals surface area contributed by atoms with Crippen LogP contribution in [0.5, 0.6) is 0 Å². The number of rotatable bonds is 5. The van der Waals surface area contributed by atoms with Gasteiger partial charge in [-0.05, 0) is 108 Å². The van der Waals surface area contributed by atoms with Gasteiger partial charge in [0, 0.05) is 24.8 Å². The van der Waals surface area contributed by atoms with Crippen LogP contribution in [0.3, 0.4) is 0 Å². The van der Waals surface area contributed by atoms with Crippen molar-refractivity contribution in [1.82, 2.24) is 9.97 Å². The summed E-state index contributed by atoms with van der Waals surface area (Å²) < 4.78 is 0. The van der Waals surface area contributed by atoms with Gasteiger partial charge in [-0.25, -0.2) is 0 Å². The highest BCUT2D eigenvalue weighted by atomic mass is 14.6. The summed E-state index contributed by atoms with van der Waals surface area (Å²) in [6.45, 7) is 0. The molecule has 2 nitrogen and oxygen atoms in total. The van der Waals surface area contributed by atoms with Crippen LogP contribution in [-0.4, -0.2) is 9.97 Å². The minimum atomic E-state index is 1.16. The van der Waals surface area contributed by atoms with E-state index in [0.717, 1.165) is 5.56 Å². The monoisotopic (exact) mass is 560 g/mol. The standard InChI is InChI=1S/C42H28N2/c1-2-6-29(7-3-1)36-18-19-39-40(28-36)42(35-16-12-31(13-17-35)33-22-26-44-27-23-33)38-9-5-4-8-37(38)41(39)34-14-10-30(11-15-34)32-20-24-43-25-21-32/h1-28H. The van der Waals surface area contributed by atoms with E-state index in [1.54, 1.807) is 0 Å². The number of aromatic nitrogens is 2. The predicted octanol–water partition coefficient (Wildman–Crippen LogP) is 11.1. The van der Waals surface area contributed by atoms with Crippen molar-refractivity contribution in [2.75, 3.05) is 0 Å². The number of hydrogen-bond acceptors (Lipinski definition) is 2. The third kappa shape index (κ3) is 4.63. The zero-order chi connectivity index (χ0) is 29.3. The molecule has 0 saturated carbocycles. The van der Waals surface area contributed by atoms with Gasteiger partial charge in [0.05, 0.1) is 0 Å². The maximum Gasteiger partial charge on any atom is 0.0273 e. The molecule has 206 valence electrons. The third-order valence-electron chi connectivity index (χ3n) is 8.51. The second kappa shape index (κ2) is 11.1. The molecule has 6 aromatic carbocycles. The molecule has 0 atom stereocenters. The maximum atomic E-state index is 4.19. The highest BCUT2D eigenvalue weighted by molar-refractivity contribution is 6.22. The molecule has 44 heavy (non-hydrogen) atoms. The number of fused-ring (bicyclic) bond motifs is 2. The average molecular weight is 561 g/mol. The Balaban J connectivity index is 1.38. The first-order chi connectivity index (χ1) is 21.8. The zero-order valence-corrected chi connectivity index (χ0v) is 24.1. The largest absolute Gasteiger partial charge is 0.265 e. The lowest BCUT2D eigenvalue weighted by Gasteiger charge is -2.19. The van der Waals surface area contributed by atoms with Gasteiger partial charge < -0.3 is 0 Å². The quantitative estimate of drug-likeness (QED) is 0.196. The minimum absolute atomic E-state index is 1.16. The Hall–Kier alpha value is -5.86. The lowest BCUT2D eigenvalue weighted by atomic mass is 9.84. The smallest absolute Gasteiger partial charge is 0.0273 e. The molecule has 0 bridgehead atoms. The molecular formula is C42H28N2. The first kappa shape index (κ1) is 25.8. The molecule has 8 aromatic rings. The summed E-state index contributed by atoms with van der Waals surface area (Å²) in [7, 11) is 0. The summed E-state index contributed by atoms with van der Waals surface area (Å²) in [6.07, 6.45) is 7.38. The van der Waals surface area contributed by atoms with Gasteiger partial charge in [0.25, 0.3) is 0 Å². The second-order valence-corrected chi connectivity index (χ2v) is 11.0. The molecule has 0 aliphatic rings.